The molecule has 0 aliphatic carbocycles. The largest absolute Gasteiger partial charge is 0.321 e. The zero-order valence-electron chi connectivity index (χ0n) is 6.90. The summed E-state index contributed by atoms with van der Waals surface area (Å²) in [5.41, 5.74) is 7.66. The normalized spacial score (nSPS) is 12.1. The van der Waals surface area contributed by atoms with Crippen molar-refractivity contribution >= 4 is 6.08 Å². The monoisotopic (exact) mass is 160 g/mol. The summed E-state index contributed by atoms with van der Waals surface area (Å²) in [6.45, 7) is 7.26. The molecule has 0 spiro atoms. The summed E-state index contributed by atoms with van der Waals surface area (Å²) in [6, 6.07) is 1.81. The van der Waals surface area contributed by atoms with Crippen molar-refractivity contribution in [2.75, 3.05) is 0 Å². The van der Waals surface area contributed by atoms with Gasteiger partial charge in [0.05, 0.1) is 0 Å². The predicted octanol–water partition coefficient (Wildman–Crippen LogP) is 1.91. The maximum absolute atomic E-state index is 5.73. The summed E-state index contributed by atoms with van der Waals surface area (Å²) in [4.78, 5) is 4.03. The molecular formula is C10H12N2. The molecule has 2 N–H and O–H groups in total. The first kappa shape index (κ1) is 8.68. The minimum Gasteiger partial charge on any atom is -0.321 e. The average molecular weight is 160 g/mol. The summed E-state index contributed by atoms with van der Waals surface area (Å²) in [5, 5.41) is 0. The van der Waals surface area contributed by atoms with Gasteiger partial charge in [-0.25, -0.2) is 0 Å². The fourth-order valence-corrected chi connectivity index (χ4v) is 0.906. The van der Waals surface area contributed by atoms with Crippen molar-refractivity contribution < 1.29 is 0 Å². The van der Waals surface area contributed by atoms with Gasteiger partial charge in [0, 0.05) is 18.4 Å². The highest BCUT2D eigenvalue weighted by atomic mass is 14.7. The Morgan fingerprint density at radius 1 is 1.42 bits per heavy atom. The van der Waals surface area contributed by atoms with E-state index in [-0.39, 0.29) is 6.04 Å². The number of aromatic nitrogens is 1. The molecule has 0 bridgehead atoms. The Kier molecular flexibility index (Phi) is 2.77. The van der Waals surface area contributed by atoms with Crippen LogP contribution < -0.4 is 5.73 Å². The summed E-state index contributed by atoms with van der Waals surface area (Å²) in [7, 11) is 0. The van der Waals surface area contributed by atoms with E-state index in [1.165, 1.54) is 0 Å². The third-order valence-corrected chi connectivity index (χ3v) is 1.66. The second-order valence-corrected chi connectivity index (χ2v) is 2.52. The zero-order chi connectivity index (χ0) is 8.97. The van der Waals surface area contributed by atoms with Gasteiger partial charge in [0.2, 0.25) is 0 Å². The molecule has 0 fully saturated rings. The second-order valence-electron chi connectivity index (χ2n) is 2.52. The highest BCUT2D eigenvalue weighted by Gasteiger charge is 2.00. The third-order valence-electron chi connectivity index (χ3n) is 1.66. The Hall–Kier alpha value is -1.41. The summed E-state index contributed by atoms with van der Waals surface area (Å²) in [6.07, 6.45) is 6.90. The Balaban J connectivity index is 3.00. The maximum atomic E-state index is 5.73. The van der Waals surface area contributed by atoms with Crippen molar-refractivity contribution in [2.24, 2.45) is 5.73 Å². The van der Waals surface area contributed by atoms with Crippen LogP contribution in [0.5, 0.6) is 0 Å². The smallest absolute Gasteiger partial charge is 0.0494 e. The first-order chi connectivity index (χ1) is 5.77. The lowest BCUT2D eigenvalue weighted by Gasteiger charge is -2.05. The highest BCUT2D eigenvalue weighted by molar-refractivity contribution is 5.46. The van der Waals surface area contributed by atoms with Crippen LogP contribution in [-0.2, 0) is 0 Å². The van der Waals surface area contributed by atoms with Crippen LogP contribution in [0.2, 0.25) is 0 Å². The molecule has 0 aliphatic heterocycles. The number of hydrogen-bond donors (Lipinski definition) is 1. The van der Waals surface area contributed by atoms with Crippen LogP contribution in [0.4, 0.5) is 0 Å². The molecule has 62 valence electrons. The molecule has 0 amide bonds. The van der Waals surface area contributed by atoms with E-state index in [1.54, 1.807) is 24.5 Å². The van der Waals surface area contributed by atoms with Gasteiger partial charge in [0.15, 0.2) is 0 Å². The van der Waals surface area contributed by atoms with Gasteiger partial charge in [0.1, 0.15) is 0 Å². The third kappa shape index (κ3) is 1.80. The molecule has 1 rings (SSSR count). The van der Waals surface area contributed by atoms with E-state index in [2.05, 4.69) is 18.1 Å². The van der Waals surface area contributed by atoms with Gasteiger partial charge in [-0.15, -0.1) is 6.58 Å². The highest BCUT2D eigenvalue weighted by Crippen LogP contribution is 2.11. The van der Waals surface area contributed by atoms with Gasteiger partial charge >= 0.3 is 0 Å². The van der Waals surface area contributed by atoms with Gasteiger partial charge in [-0.2, -0.15) is 0 Å². The molecule has 1 atom stereocenters. The standard InChI is InChI=1S/C10H12N2/c1-3-8-5-9(7-12-6-8)10(11)4-2/h3-7,10H,1-2,11H2/t10-/m0/s1. The van der Waals surface area contributed by atoms with Gasteiger partial charge in [-0.05, 0) is 17.2 Å². The number of nitrogens with zero attached hydrogens (tertiary/aromatic N) is 1. The zero-order valence-corrected chi connectivity index (χ0v) is 6.90. The molecule has 1 heterocycles. The number of nitrogens with two attached hydrogens (primary N) is 1. The van der Waals surface area contributed by atoms with Crippen molar-refractivity contribution in [2.45, 2.75) is 6.04 Å². The number of hydrogen-bond acceptors (Lipinski definition) is 2. The van der Waals surface area contributed by atoms with Crippen LogP contribution >= 0.6 is 0 Å². The van der Waals surface area contributed by atoms with E-state index >= 15 is 0 Å². The van der Waals surface area contributed by atoms with Crippen molar-refractivity contribution in [3.63, 3.8) is 0 Å². The molecule has 12 heavy (non-hydrogen) atoms. The summed E-state index contributed by atoms with van der Waals surface area (Å²) in [5.74, 6) is 0. The molecule has 1 aromatic rings. The van der Waals surface area contributed by atoms with Crippen molar-refractivity contribution in [3.05, 3.63) is 48.8 Å². The lowest BCUT2D eigenvalue weighted by Crippen LogP contribution is -2.06. The van der Waals surface area contributed by atoms with E-state index in [0.29, 0.717) is 0 Å². The Bertz CT molecular complexity index is 292. The average Bonchev–Trinajstić information content (AvgIpc) is 2.17. The molecule has 2 heteroatoms. The van der Waals surface area contributed by atoms with Crippen LogP contribution in [0.25, 0.3) is 6.08 Å². The van der Waals surface area contributed by atoms with Crippen molar-refractivity contribution in [1.82, 2.24) is 4.98 Å². The Labute approximate surface area is 72.4 Å². The van der Waals surface area contributed by atoms with Crippen LogP contribution in [0.3, 0.4) is 0 Å². The second kappa shape index (κ2) is 3.83. The molecule has 0 aliphatic rings. The first-order valence-corrected chi connectivity index (χ1v) is 3.73. The SMILES string of the molecule is C=Cc1cncc([C@@H](N)C=C)c1. The molecule has 0 saturated carbocycles. The van der Waals surface area contributed by atoms with E-state index in [1.807, 2.05) is 6.07 Å². The molecule has 2 nitrogen and oxygen atoms in total. The molecule has 0 unspecified atom stereocenters. The van der Waals surface area contributed by atoms with E-state index in [9.17, 15) is 0 Å². The van der Waals surface area contributed by atoms with Crippen molar-refractivity contribution in [3.8, 4) is 0 Å². The van der Waals surface area contributed by atoms with Crippen molar-refractivity contribution in [1.29, 1.82) is 0 Å². The van der Waals surface area contributed by atoms with Gasteiger partial charge in [-0.1, -0.05) is 18.7 Å². The van der Waals surface area contributed by atoms with E-state index in [4.69, 9.17) is 5.73 Å². The summed E-state index contributed by atoms with van der Waals surface area (Å²) >= 11 is 0. The number of rotatable bonds is 3. The van der Waals surface area contributed by atoms with E-state index in [0.717, 1.165) is 11.1 Å². The molecular weight excluding hydrogens is 148 g/mol. The fraction of sp³-hybridized carbons (Fsp3) is 0.100. The van der Waals surface area contributed by atoms with Crippen LogP contribution in [-0.4, -0.2) is 4.98 Å². The van der Waals surface area contributed by atoms with Gasteiger partial charge < -0.3 is 5.73 Å². The molecule has 0 aromatic carbocycles. The lowest BCUT2D eigenvalue weighted by atomic mass is 10.1. The van der Waals surface area contributed by atoms with Crippen LogP contribution in [0.1, 0.15) is 17.2 Å². The summed E-state index contributed by atoms with van der Waals surface area (Å²) < 4.78 is 0. The predicted molar refractivity (Wildman–Crippen MR) is 51.5 cm³/mol. The van der Waals surface area contributed by atoms with Crippen LogP contribution in [0.15, 0.2) is 37.7 Å². The van der Waals surface area contributed by atoms with Crippen LogP contribution in [0, 0.1) is 0 Å². The Morgan fingerprint density at radius 2 is 2.17 bits per heavy atom. The quantitative estimate of drug-likeness (QED) is 0.686. The maximum Gasteiger partial charge on any atom is 0.0494 e. The first-order valence-electron chi connectivity index (χ1n) is 3.73. The molecule has 0 saturated heterocycles. The van der Waals surface area contributed by atoms with Gasteiger partial charge in [-0.3, -0.25) is 4.98 Å². The van der Waals surface area contributed by atoms with E-state index < -0.39 is 0 Å². The molecule has 0 radical (unpaired) electrons. The minimum atomic E-state index is -0.141. The Morgan fingerprint density at radius 3 is 2.75 bits per heavy atom. The fourth-order valence-electron chi connectivity index (χ4n) is 0.906. The topological polar surface area (TPSA) is 38.9 Å². The lowest BCUT2D eigenvalue weighted by molar-refractivity contribution is 0.903. The molecule has 1 aromatic heterocycles. The van der Waals surface area contributed by atoms with Gasteiger partial charge in [0.25, 0.3) is 0 Å². The number of pyridine rings is 1. The minimum absolute atomic E-state index is 0.141.